The highest BCUT2D eigenvalue weighted by molar-refractivity contribution is 8.00. The minimum absolute atomic E-state index is 0.0521. The van der Waals surface area contributed by atoms with Crippen LogP contribution in [0.25, 0.3) is 0 Å². The van der Waals surface area contributed by atoms with Crippen molar-refractivity contribution in [1.82, 2.24) is 0 Å². The number of nitrogens with two attached hydrogens (primary N) is 1. The number of rotatable bonds is 3. The molecule has 0 amide bonds. The third-order valence-electron chi connectivity index (χ3n) is 3.66. The Hall–Kier alpha value is -0.180. The second-order valence-corrected chi connectivity index (χ2v) is 7.24. The molecular formula is C15H22ClNS. The molecule has 0 bridgehead atoms. The highest BCUT2D eigenvalue weighted by Crippen LogP contribution is 2.39. The molecule has 0 aromatic heterocycles. The summed E-state index contributed by atoms with van der Waals surface area (Å²) in [6.45, 7) is 4.34. The minimum Gasteiger partial charge on any atom is -0.324 e. The zero-order chi connectivity index (χ0) is 13.1. The first-order valence-electron chi connectivity index (χ1n) is 6.78. The van der Waals surface area contributed by atoms with Gasteiger partial charge in [-0.2, -0.15) is 0 Å². The van der Waals surface area contributed by atoms with Crippen molar-refractivity contribution in [3.63, 3.8) is 0 Å². The van der Waals surface area contributed by atoms with Crippen LogP contribution in [0, 0.1) is 5.92 Å². The number of thioether (sulfide) groups is 1. The van der Waals surface area contributed by atoms with E-state index in [1.807, 2.05) is 24.8 Å². The molecule has 1 saturated carbocycles. The molecule has 2 N–H and O–H groups in total. The number of hydrogen-bond donors (Lipinski definition) is 1. The maximum absolute atomic E-state index is 6.35. The highest BCUT2D eigenvalue weighted by atomic mass is 35.5. The maximum atomic E-state index is 6.35. The fourth-order valence-corrected chi connectivity index (χ4v) is 4.27. The molecule has 0 aliphatic heterocycles. The molecule has 18 heavy (non-hydrogen) atoms. The Kier molecular flexibility index (Phi) is 4.99. The summed E-state index contributed by atoms with van der Waals surface area (Å²) in [5.74, 6) is 0.860. The van der Waals surface area contributed by atoms with Gasteiger partial charge < -0.3 is 5.73 Å². The molecule has 0 spiro atoms. The quantitative estimate of drug-likeness (QED) is 0.842. The maximum Gasteiger partial charge on any atom is 0.0545 e. The molecule has 2 rings (SSSR count). The van der Waals surface area contributed by atoms with Crippen LogP contribution < -0.4 is 5.73 Å². The standard InChI is InChI=1S/C15H22ClNS/c1-10-4-3-5-13(8-10)18-15-7-6-12(11(2)17)9-14(15)16/h6-7,9-11,13H,3-5,8,17H2,1-2H3/t10?,11-,13?/m0/s1. The minimum atomic E-state index is 0.0521. The molecule has 3 heteroatoms. The molecule has 3 atom stereocenters. The van der Waals surface area contributed by atoms with Crippen LogP contribution in [0.2, 0.25) is 5.02 Å². The van der Waals surface area contributed by atoms with Crippen LogP contribution in [0.1, 0.15) is 51.1 Å². The third-order valence-corrected chi connectivity index (χ3v) is 5.46. The largest absolute Gasteiger partial charge is 0.324 e. The van der Waals surface area contributed by atoms with Gasteiger partial charge in [-0.25, -0.2) is 0 Å². The molecule has 100 valence electrons. The summed E-state index contributed by atoms with van der Waals surface area (Å²) in [5.41, 5.74) is 6.98. The monoisotopic (exact) mass is 283 g/mol. The average Bonchev–Trinajstić information content (AvgIpc) is 2.31. The van der Waals surface area contributed by atoms with Crippen molar-refractivity contribution < 1.29 is 0 Å². The number of benzene rings is 1. The topological polar surface area (TPSA) is 26.0 Å². The van der Waals surface area contributed by atoms with Crippen molar-refractivity contribution >= 4 is 23.4 Å². The van der Waals surface area contributed by atoms with E-state index in [1.54, 1.807) is 0 Å². The van der Waals surface area contributed by atoms with Gasteiger partial charge in [0.15, 0.2) is 0 Å². The van der Waals surface area contributed by atoms with Crippen LogP contribution in [0.3, 0.4) is 0 Å². The average molecular weight is 284 g/mol. The molecule has 2 unspecified atom stereocenters. The van der Waals surface area contributed by atoms with E-state index in [0.717, 1.165) is 21.8 Å². The Labute approximate surface area is 119 Å². The summed E-state index contributed by atoms with van der Waals surface area (Å²) >= 11 is 8.30. The van der Waals surface area contributed by atoms with Gasteiger partial charge in [0.2, 0.25) is 0 Å². The lowest BCUT2D eigenvalue weighted by molar-refractivity contribution is 0.394. The first kappa shape index (κ1) is 14.2. The van der Waals surface area contributed by atoms with Crippen molar-refractivity contribution in [2.75, 3.05) is 0 Å². The van der Waals surface area contributed by atoms with E-state index in [0.29, 0.717) is 0 Å². The van der Waals surface area contributed by atoms with Crippen molar-refractivity contribution in [2.45, 2.75) is 55.7 Å². The van der Waals surface area contributed by atoms with Crippen LogP contribution in [0.4, 0.5) is 0 Å². The zero-order valence-electron chi connectivity index (χ0n) is 11.2. The van der Waals surface area contributed by atoms with Crippen LogP contribution in [0.5, 0.6) is 0 Å². The molecule has 1 aliphatic carbocycles. The first-order valence-corrected chi connectivity index (χ1v) is 8.03. The van der Waals surface area contributed by atoms with E-state index < -0.39 is 0 Å². The Morgan fingerprint density at radius 3 is 2.78 bits per heavy atom. The van der Waals surface area contributed by atoms with Gasteiger partial charge in [-0.3, -0.25) is 0 Å². The van der Waals surface area contributed by atoms with E-state index in [4.69, 9.17) is 17.3 Å². The lowest BCUT2D eigenvalue weighted by Gasteiger charge is -2.26. The summed E-state index contributed by atoms with van der Waals surface area (Å²) < 4.78 is 0. The van der Waals surface area contributed by atoms with Gasteiger partial charge in [-0.1, -0.05) is 37.4 Å². The van der Waals surface area contributed by atoms with E-state index in [1.165, 1.54) is 30.6 Å². The summed E-state index contributed by atoms with van der Waals surface area (Å²) in [7, 11) is 0. The SMILES string of the molecule is CC1CCCC(Sc2ccc([C@H](C)N)cc2Cl)C1. The van der Waals surface area contributed by atoms with E-state index in [-0.39, 0.29) is 6.04 Å². The Morgan fingerprint density at radius 2 is 2.17 bits per heavy atom. The van der Waals surface area contributed by atoms with Crippen molar-refractivity contribution in [2.24, 2.45) is 11.7 Å². The molecule has 1 aromatic rings. The van der Waals surface area contributed by atoms with Crippen LogP contribution in [-0.4, -0.2) is 5.25 Å². The normalized spacial score (nSPS) is 26.0. The molecule has 1 aliphatic rings. The Morgan fingerprint density at radius 1 is 1.39 bits per heavy atom. The van der Waals surface area contributed by atoms with Crippen LogP contribution in [0.15, 0.2) is 23.1 Å². The van der Waals surface area contributed by atoms with Gasteiger partial charge >= 0.3 is 0 Å². The Balaban J connectivity index is 2.05. The van der Waals surface area contributed by atoms with Gasteiger partial charge in [0, 0.05) is 16.2 Å². The summed E-state index contributed by atoms with van der Waals surface area (Å²) in [5, 5.41) is 1.58. The van der Waals surface area contributed by atoms with Crippen molar-refractivity contribution in [3.8, 4) is 0 Å². The second-order valence-electron chi connectivity index (χ2n) is 5.49. The molecule has 1 aromatic carbocycles. The summed E-state index contributed by atoms with van der Waals surface area (Å²) in [4.78, 5) is 1.21. The fraction of sp³-hybridized carbons (Fsp3) is 0.600. The molecule has 1 nitrogen and oxygen atoms in total. The van der Waals surface area contributed by atoms with Gasteiger partial charge in [0.05, 0.1) is 5.02 Å². The number of hydrogen-bond acceptors (Lipinski definition) is 2. The van der Waals surface area contributed by atoms with Crippen LogP contribution in [-0.2, 0) is 0 Å². The lowest BCUT2D eigenvalue weighted by Crippen LogP contribution is -2.15. The van der Waals surface area contributed by atoms with Crippen molar-refractivity contribution in [3.05, 3.63) is 28.8 Å². The van der Waals surface area contributed by atoms with E-state index in [9.17, 15) is 0 Å². The third kappa shape index (κ3) is 3.66. The number of halogens is 1. The van der Waals surface area contributed by atoms with Gasteiger partial charge in [-0.05, 0) is 43.4 Å². The zero-order valence-corrected chi connectivity index (χ0v) is 12.7. The molecule has 0 heterocycles. The molecule has 1 fully saturated rings. The van der Waals surface area contributed by atoms with E-state index >= 15 is 0 Å². The van der Waals surface area contributed by atoms with Gasteiger partial charge in [-0.15, -0.1) is 11.8 Å². The van der Waals surface area contributed by atoms with Crippen molar-refractivity contribution in [1.29, 1.82) is 0 Å². The predicted molar refractivity (Wildman–Crippen MR) is 81.3 cm³/mol. The summed E-state index contributed by atoms with van der Waals surface area (Å²) in [6, 6.07) is 6.30. The Bertz CT molecular complexity index is 405. The van der Waals surface area contributed by atoms with Crippen LogP contribution >= 0.6 is 23.4 Å². The molecular weight excluding hydrogens is 262 g/mol. The molecule has 0 radical (unpaired) electrons. The van der Waals surface area contributed by atoms with Gasteiger partial charge in [0.25, 0.3) is 0 Å². The smallest absolute Gasteiger partial charge is 0.0545 e. The lowest BCUT2D eigenvalue weighted by atomic mass is 9.91. The first-order chi connectivity index (χ1) is 8.56. The summed E-state index contributed by atoms with van der Waals surface area (Å²) in [6.07, 6.45) is 5.37. The second kappa shape index (κ2) is 6.31. The fourth-order valence-electron chi connectivity index (χ4n) is 2.56. The highest BCUT2D eigenvalue weighted by Gasteiger charge is 2.20. The molecule has 0 saturated heterocycles. The van der Waals surface area contributed by atoms with E-state index in [2.05, 4.69) is 19.1 Å². The van der Waals surface area contributed by atoms with Gasteiger partial charge in [0.1, 0.15) is 0 Å². The predicted octanol–water partition coefficient (Wildman–Crippen LogP) is 5.03.